The first-order chi connectivity index (χ1) is 9.50. The number of carboxylic acids is 1. The summed E-state index contributed by atoms with van der Waals surface area (Å²) in [7, 11) is 0. The average molecular weight is 274 g/mol. The fraction of sp³-hybridized carbons (Fsp3) is 0.611. The molecule has 110 valence electrons. The van der Waals surface area contributed by atoms with Crippen LogP contribution in [0.25, 0.3) is 0 Å². The van der Waals surface area contributed by atoms with Crippen LogP contribution in [0.3, 0.4) is 0 Å². The monoisotopic (exact) mass is 274 g/mol. The summed E-state index contributed by atoms with van der Waals surface area (Å²) in [5.74, 6) is -0.104. The molecule has 0 bridgehead atoms. The van der Waals surface area contributed by atoms with Crippen molar-refractivity contribution >= 4 is 5.97 Å². The molecular formula is C18H26O2. The molecule has 1 saturated carbocycles. The third kappa shape index (κ3) is 3.62. The second kappa shape index (κ2) is 6.43. The van der Waals surface area contributed by atoms with E-state index in [-0.39, 0.29) is 11.8 Å². The molecule has 0 unspecified atom stereocenters. The summed E-state index contributed by atoms with van der Waals surface area (Å²) in [5.41, 5.74) is 2.32. The highest BCUT2D eigenvalue weighted by Crippen LogP contribution is 2.38. The zero-order valence-corrected chi connectivity index (χ0v) is 12.7. The minimum Gasteiger partial charge on any atom is -0.481 e. The molecule has 2 rings (SSSR count). The van der Waals surface area contributed by atoms with Crippen LogP contribution in [0.4, 0.5) is 0 Å². The van der Waals surface area contributed by atoms with Crippen molar-refractivity contribution in [3.8, 4) is 0 Å². The molecule has 0 aromatic heterocycles. The van der Waals surface area contributed by atoms with Crippen molar-refractivity contribution in [1.29, 1.82) is 0 Å². The lowest BCUT2D eigenvalue weighted by molar-refractivity contribution is -0.138. The van der Waals surface area contributed by atoms with Crippen LogP contribution in [0.5, 0.6) is 0 Å². The molecule has 1 N–H and O–H groups in total. The lowest BCUT2D eigenvalue weighted by Gasteiger charge is -2.29. The van der Waals surface area contributed by atoms with E-state index in [1.165, 1.54) is 49.7 Å². The summed E-state index contributed by atoms with van der Waals surface area (Å²) in [6, 6.07) is 8.48. The van der Waals surface area contributed by atoms with Crippen LogP contribution in [0.2, 0.25) is 0 Å². The van der Waals surface area contributed by atoms with Gasteiger partial charge in [0.05, 0.1) is 6.42 Å². The Hall–Kier alpha value is -1.31. The van der Waals surface area contributed by atoms with Gasteiger partial charge in [0, 0.05) is 5.41 Å². The molecule has 20 heavy (non-hydrogen) atoms. The highest BCUT2D eigenvalue weighted by molar-refractivity contribution is 5.69. The maximum atomic E-state index is 11.1. The van der Waals surface area contributed by atoms with Gasteiger partial charge < -0.3 is 5.11 Å². The molecule has 0 radical (unpaired) electrons. The Labute approximate surface area is 122 Å². The third-order valence-electron chi connectivity index (χ3n) is 4.58. The van der Waals surface area contributed by atoms with Gasteiger partial charge in [-0.2, -0.15) is 0 Å². The minimum absolute atomic E-state index is 0.191. The van der Waals surface area contributed by atoms with E-state index in [1.807, 2.05) is 6.07 Å². The maximum absolute atomic E-state index is 11.1. The Balaban J connectivity index is 2.31. The molecule has 0 amide bonds. The lowest BCUT2D eigenvalue weighted by Crippen LogP contribution is -2.24. The van der Waals surface area contributed by atoms with Crippen LogP contribution < -0.4 is 0 Å². The molecule has 2 nitrogen and oxygen atoms in total. The first kappa shape index (κ1) is 15.1. The first-order valence-corrected chi connectivity index (χ1v) is 7.82. The summed E-state index contributed by atoms with van der Waals surface area (Å²) < 4.78 is 0. The number of hydrogen-bond donors (Lipinski definition) is 1. The molecule has 1 aromatic carbocycles. The molecule has 2 heteroatoms. The minimum atomic E-state index is -0.717. The maximum Gasteiger partial charge on any atom is 0.304 e. The van der Waals surface area contributed by atoms with Crippen molar-refractivity contribution in [3.05, 3.63) is 35.4 Å². The molecule has 1 aliphatic carbocycles. The Morgan fingerprint density at radius 2 is 1.75 bits per heavy atom. The fourth-order valence-corrected chi connectivity index (χ4v) is 3.53. The second-order valence-corrected chi connectivity index (χ2v) is 6.73. The Morgan fingerprint density at radius 3 is 2.35 bits per heavy atom. The first-order valence-electron chi connectivity index (χ1n) is 7.82. The van der Waals surface area contributed by atoms with E-state index in [9.17, 15) is 4.79 Å². The quantitative estimate of drug-likeness (QED) is 0.795. The van der Waals surface area contributed by atoms with E-state index in [4.69, 9.17) is 5.11 Å². The molecule has 1 aliphatic rings. The smallest absolute Gasteiger partial charge is 0.304 e. The van der Waals surface area contributed by atoms with Gasteiger partial charge in [0.1, 0.15) is 0 Å². The molecule has 0 heterocycles. The topological polar surface area (TPSA) is 37.3 Å². The van der Waals surface area contributed by atoms with Crippen LogP contribution in [-0.4, -0.2) is 11.1 Å². The van der Waals surface area contributed by atoms with E-state index < -0.39 is 5.97 Å². The van der Waals surface area contributed by atoms with Gasteiger partial charge in [-0.1, -0.05) is 63.8 Å². The van der Waals surface area contributed by atoms with Crippen molar-refractivity contribution in [2.24, 2.45) is 0 Å². The number of hydrogen-bond acceptors (Lipinski definition) is 1. The van der Waals surface area contributed by atoms with Crippen molar-refractivity contribution in [2.75, 3.05) is 0 Å². The highest BCUT2D eigenvalue weighted by Gasteiger charge is 2.28. The number of benzene rings is 1. The largest absolute Gasteiger partial charge is 0.481 e. The molecular weight excluding hydrogens is 248 g/mol. The number of aliphatic carboxylic acids is 1. The number of carboxylic acid groups (broad SMARTS) is 1. The zero-order chi connectivity index (χ0) is 14.6. The van der Waals surface area contributed by atoms with Crippen LogP contribution in [0.1, 0.15) is 75.8 Å². The van der Waals surface area contributed by atoms with Gasteiger partial charge in [-0.15, -0.1) is 0 Å². The van der Waals surface area contributed by atoms with E-state index >= 15 is 0 Å². The van der Waals surface area contributed by atoms with Gasteiger partial charge >= 0.3 is 5.97 Å². The molecule has 0 aliphatic heterocycles. The Kier molecular flexibility index (Phi) is 4.85. The van der Waals surface area contributed by atoms with Crippen molar-refractivity contribution < 1.29 is 9.90 Å². The van der Waals surface area contributed by atoms with Gasteiger partial charge in [0.2, 0.25) is 0 Å². The number of carbonyl (C=O) groups is 1. The standard InChI is InChI=1S/C18H26O2/c1-18(2,13-17(19)20)16-12-8-7-11-15(16)14-9-5-3-4-6-10-14/h7-8,11-12,14H,3-6,9-10,13H2,1-2H3,(H,19,20). The van der Waals surface area contributed by atoms with E-state index in [0.717, 1.165) is 0 Å². The summed E-state index contributed by atoms with van der Waals surface area (Å²) >= 11 is 0. The van der Waals surface area contributed by atoms with Crippen LogP contribution in [0, 0.1) is 0 Å². The van der Waals surface area contributed by atoms with Gasteiger partial charge in [0.25, 0.3) is 0 Å². The van der Waals surface area contributed by atoms with Gasteiger partial charge in [-0.3, -0.25) is 4.79 Å². The Bertz CT molecular complexity index is 454. The average Bonchev–Trinajstić information content (AvgIpc) is 2.66. The second-order valence-electron chi connectivity index (χ2n) is 6.73. The van der Waals surface area contributed by atoms with Crippen LogP contribution in [0.15, 0.2) is 24.3 Å². The normalized spacial score (nSPS) is 17.7. The Morgan fingerprint density at radius 1 is 1.15 bits per heavy atom. The van der Waals surface area contributed by atoms with Crippen LogP contribution >= 0.6 is 0 Å². The lowest BCUT2D eigenvalue weighted by atomic mass is 9.75. The molecule has 0 saturated heterocycles. The number of rotatable bonds is 4. The van der Waals surface area contributed by atoms with E-state index in [1.54, 1.807) is 0 Å². The van der Waals surface area contributed by atoms with Crippen molar-refractivity contribution in [1.82, 2.24) is 0 Å². The highest BCUT2D eigenvalue weighted by atomic mass is 16.4. The third-order valence-corrected chi connectivity index (χ3v) is 4.58. The summed E-state index contributed by atoms with van der Waals surface area (Å²) in [4.78, 5) is 11.1. The van der Waals surface area contributed by atoms with Gasteiger partial charge in [-0.05, 0) is 29.9 Å². The van der Waals surface area contributed by atoms with E-state index in [2.05, 4.69) is 32.0 Å². The molecule has 0 spiro atoms. The zero-order valence-electron chi connectivity index (χ0n) is 12.7. The molecule has 0 atom stereocenters. The summed E-state index contributed by atoms with van der Waals surface area (Å²) in [6.07, 6.45) is 7.99. The predicted octanol–water partition coefficient (Wildman–Crippen LogP) is 4.88. The summed E-state index contributed by atoms with van der Waals surface area (Å²) in [5, 5.41) is 9.16. The van der Waals surface area contributed by atoms with E-state index in [0.29, 0.717) is 5.92 Å². The molecule has 1 aromatic rings. The summed E-state index contributed by atoms with van der Waals surface area (Å²) in [6.45, 7) is 4.10. The van der Waals surface area contributed by atoms with Gasteiger partial charge in [-0.25, -0.2) is 0 Å². The SMILES string of the molecule is CC(C)(CC(=O)O)c1ccccc1C1CCCCCC1. The van der Waals surface area contributed by atoms with Crippen LogP contribution in [-0.2, 0) is 10.2 Å². The molecule has 1 fully saturated rings. The van der Waals surface area contributed by atoms with Crippen molar-refractivity contribution in [3.63, 3.8) is 0 Å². The van der Waals surface area contributed by atoms with Gasteiger partial charge in [0.15, 0.2) is 0 Å². The predicted molar refractivity (Wildman–Crippen MR) is 82.2 cm³/mol. The van der Waals surface area contributed by atoms with Crippen molar-refractivity contribution in [2.45, 2.75) is 70.1 Å². The fourth-order valence-electron chi connectivity index (χ4n) is 3.53.